The summed E-state index contributed by atoms with van der Waals surface area (Å²) in [6.45, 7) is 4.24. The van der Waals surface area contributed by atoms with Crippen LogP contribution in [0.2, 0.25) is 0 Å². The number of halogens is 1. The summed E-state index contributed by atoms with van der Waals surface area (Å²) >= 11 is 3.56. The molecule has 1 aliphatic heterocycles. The van der Waals surface area contributed by atoms with Crippen LogP contribution in [0.5, 0.6) is 0 Å². The summed E-state index contributed by atoms with van der Waals surface area (Å²) in [6, 6.07) is 6.27. The zero-order valence-electron chi connectivity index (χ0n) is 11.3. The number of hydrazine groups is 1. The summed E-state index contributed by atoms with van der Waals surface area (Å²) in [5, 5.41) is 4.35. The van der Waals surface area contributed by atoms with Crippen LogP contribution in [0, 0.1) is 0 Å². The minimum atomic E-state index is -0.0993. The van der Waals surface area contributed by atoms with E-state index >= 15 is 0 Å². The van der Waals surface area contributed by atoms with E-state index in [2.05, 4.69) is 51.6 Å². The molecule has 0 radical (unpaired) electrons. The molecule has 1 unspecified atom stereocenters. The van der Waals surface area contributed by atoms with Gasteiger partial charge in [0.05, 0.1) is 35.6 Å². The third-order valence-electron chi connectivity index (χ3n) is 3.65. The fourth-order valence-electron chi connectivity index (χ4n) is 2.62. The van der Waals surface area contributed by atoms with E-state index in [1.54, 1.807) is 6.20 Å². The summed E-state index contributed by atoms with van der Waals surface area (Å²) in [7, 11) is 0. The Kier molecular flexibility index (Phi) is 3.89. The van der Waals surface area contributed by atoms with E-state index in [0.29, 0.717) is 13.2 Å². The Hall–Kier alpha value is -1.21. The molecule has 1 aliphatic rings. The lowest BCUT2D eigenvalue weighted by Crippen LogP contribution is -2.31. The van der Waals surface area contributed by atoms with Gasteiger partial charge in [-0.15, -0.1) is 0 Å². The second kappa shape index (κ2) is 5.65. The van der Waals surface area contributed by atoms with Crippen LogP contribution in [0.1, 0.15) is 35.3 Å². The number of aryl methyl sites for hydroxylation is 1. The van der Waals surface area contributed by atoms with Gasteiger partial charge in [-0.1, -0.05) is 18.2 Å². The number of nitrogens with two attached hydrogens (primary N) is 1. The molecule has 106 valence electrons. The van der Waals surface area contributed by atoms with Crippen molar-refractivity contribution in [3.8, 4) is 0 Å². The standard InChI is InChI=1S/C14H17BrN4O/c1-2-19-14(12(15)6-17-19)13(18-16)9-3-4-10-7-20-8-11(10)5-9/h3-6,13,18H,2,7-8,16H2,1H3. The number of hydrogen-bond acceptors (Lipinski definition) is 4. The van der Waals surface area contributed by atoms with Crippen molar-refractivity contribution in [2.24, 2.45) is 5.84 Å². The lowest BCUT2D eigenvalue weighted by Gasteiger charge is -2.19. The van der Waals surface area contributed by atoms with Gasteiger partial charge in [0.15, 0.2) is 0 Å². The normalized spacial score (nSPS) is 15.3. The number of ether oxygens (including phenoxy) is 1. The van der Waals surface area contributed by atoms with Crippen molar-refractivity contribution in [3.63, 3.8) is 0 Å². The number of benzene rings is 1. The van der Waals surface area contributed by atoms with Crippen molar-refractivity contribution in [2.45, 2.75) is 32.7 Å². The van der Waals surface area contributed by atoms with Crippen molar-refractivity contribution in [1.82, 2.24) is 15.2 Å². The number of rotatable bonds is 4. The quantitative estimate of drug-likeness (QED) is 0.663. The summed E-state index contributed by atoms with van der Waals surface area (Å²) in [6.07, 6.45) is 1.81. The zero-order valence-corrected chi connectivity index (χ0v) is 12.9. The first-order valence-corrected chi connectivity index (χ1v) is 7.40. The molecule has 1 aromatic carbocycles. The summed E-state index contributed by atoms with van der Waals surface area (Å²) in [4.78, 5) is 0. The highest BCUT2D eigenvalue weighted by atomic mass is 79.9. The number of aromatic nitrogens is 2. The van der Waals surface area contributed by atoms with E-state index in [0.717, 1.165) is 22.3 Å². The highest BCUT2D eigenvalue weighted by Crippen LogP contribution is 2.30. The van der Waals surface area contributed by atoms with Crippen molar-refractivity contribution in [2.75, 3.05) is 0 Å². The topological polar surface area (TPSA) is 65.1 Å². The molecule has 0 bridgehead atoms. The smallest absolute Gasteiger partial charge is 0.0889 e. The van der Waals surface area contributed by atoms with Gasteiger partial charge in [-0.25, -0.2) is 5.43 Å². The average molecular weight is 337 g/mol. The minimum Gasteiger partial charge on any atom is -0.372 e. The van der Waals surface area contributed by atoms with Gasteiger partial charge in [0.1, 0.15) is 0 Å². The number of hydrogen-bond donors (Lipinski definition) is 2. The maximum absolute atomic E-state index is 5.79. The molecular weight excluding hydrogens is 320 g/mol. The van der Waals surface area contributed by atoms with E-state index < -0.39 is 0 Å². The molecule has 6 heteroatoms. The van der Waals surface area contributed by atoms with Crippen LogP contribution in [-0.2, 0) is 24.5 Å². The zero-order chi connectivity index (χ0) is 14.1. The Morgan fingerprint density at radius 1 is 1.45 bits per heavy atom. The van der Waals surface area contributed by atoms with Gasteiger partial charge in [0, 0.05) is 6.54 Å². The molecule has 5 nitrogen and oxygen atoms in total. The summed E-state index contributed by atoms with van der Waals surface area (Å²) < 4.78 is 8.36. The van der Waals surface area contributed by atoms with Gasteiger partial charge in [-0.05, 0) is 39.5 Å². The molecule has 0 aliphatic carbocycles. The van der Waals surface area contributed by atoms with Crippen LogP contribution in [-0.4, -0.2) is 9.78 Å². The number of fused-ring (bicyclic) bond motifs is 1. The molecule has 1 atom stereocenters. The monoisotopic (exact) mass is 336 g/mol. The number of nitrogens with zero attached hydrogens (tertiary/aromatic N) is 2. The largest absolute Gasteiger partial charge is 0.372 e. The Morgan fingerprint density at radius 2 is 2.25 bits per heavy atom. The van der Waals surface area contributed by atoms with Crippen LogP contribution in [0.15, 0.2) is 28.9 Å². The molecule has 2 aromatic rings. The maximum atomic E-state index is 5.79. The molecule has 0 fully saturated rings. The fraction of sp³-hybridized carbons (Fsp3) is 0.357. The van der Waals surface area contributed by atoms with Gasteiger partial charge >= 0.3 is 0 Å². The minimum absolute atomic E-state index is 0.0993. The summed E-state index contributed by atoms with van der Waals surface area (Å²) in [5.41, 5.74) is 7.54. The van der Waals surface area contributed by atoms with Gasteiger partial charge in [0.25, 0.3) is 0 Å². The first-order chi connectivity index (χ1) is 9.74. The number of nitrogens with one attached hydrogen (secondary N) is 1. The van der Waals surface area contributed by atoms with Crippen LogP contribution < -0.4 is 11.3 Å². The highest BCUT2D eigenvalue weighted by molar-refractivity contribution is 9.10. The third kappa shape index (κ3) is 2.29. The highest BCUT2D eigenvalue weighted by Gasteiger charge is 2.22. The summed E-state index contributed by atoms with van der Waals surface area (Å²) in [5.74, 6) is 5.79. The third-order valence-corrected chi connectivity index (χ3v) is 4.26. The van der Waals surface area contributed by atoms with Gasteiger partial charge in [-0.2, -0.15) is 5.10 Å². The first-order valence-electron chi connectivity index (χ1n) is 6.61. The molecular formula is C14H17BrN4O. The maximum Gasteiger partial charge on any atom is 0.0889 e. The van der Waals surface area contributed by atoms with E-state index in [1.165, 1.54) is 11.1 Å². The van der Waals surface area contributed by atoms with E-state index in [4.69, 9.17) is 10.6 Å². The van der Waals surface area contributed by atoms with Gasteiger partial charge in [-0.3, -0.25) is 10.5 Å². The van der Waals surface area contributed by atoms with Crippen LogP contribution in [0.3, 0.4) is 0 Å². The van der Waals surface area contributed by atoms with Crippen molar-refractivity contribution >= 4 is 15.9 Å². The molecule has 1 aromatic heterocycles. The lowest BCUT2D eigenvalue weighted by atomic mass is 9.99. The lowest BCUT2D eigenvalue weighted by molar-refractivity contribution is 0.134. The molecule has 0 saturated carbocycles. The molecule has 2 heterocycles. The van der Waals surface area contributed by atoms with Crippen LogP contribution in [0.4, 0.5) is 0 Å². The Balaban J connectivity index is 2.03. The van der Waals surface area contributed by atoms with Gasteiger partial charge in [0.2, 0.25) is 0 Å². The average Bonchev–Trinajstić information content (AvgIpc) is 3.07. The van der Waals surface area contributed by atoms with E-state index in [-0.39, 0.29) is 6.04 Å². The molecule has 20 heavy (non-hydrogen) atoms. The molecule has 3 N–H and O–H groups in total. The Morgan fingerprint density at radius 3 is 3.00 bits per heavy atom. The van der Waals surface area contributed by atoms with Crippen LogP contribution >= 0.6 is 15.9 Å². The fourth-order valence-corrected chi connectivity index (χ4v) is 3.14. The Labute approximate surface area is 126 Å². The SMILES string of the molecule is CCn1ncc(Br)c1C(NN)c1ccc2c(c1)COC2. The van der Waals surface area contributed by atoms with Crippen LogP contribution in [0.25, 0.3) is 0 Å². The molecule has 3 rings (SSSR count). The molecule has 0 amide bonds. The van der Waals surface area contributed by atoms with E-state index in [1.807, 2.05) is 4.68 Å². The van der Waals surface area contributed by atoms with Crippen molar-refractivity contribution in [3.05, 3.63) is 51.3 Å². The second-order valence-electron chi connectivity index (χ2n) is 4.81. The van der Waals surface area contributed by atoms with Crippen molar-refractivity contribution in [1.29, 1.82) is 0 Å². The van der Waals surface area contributed by atoms with E-state index in [9.17, 15) is 0 Å². The second-order valence-corrected chi connectivity index (χ2v) is 5.67. The molecule has 0 saturated heterocycles. The predicted octanol–water partition coefficient (Wildman–Crippen LogP) is 2.25. The first kappa shape index (κ1) is 13.8. The van der Waals surface area contributed by atoms with Gasteiger partial charge < -0.3 is 4.74 Å². The molecule has 0 spiro atoms. The predicted molar refractivity (Wildman–Crippen MR) is 79.7 cm³/mol. The van der Waals surface area contributed by atoms with Crippen molar-refractivity contribution < 1.29 is 4.74 Å². The Bertz CT molecular complexity index is 626.